The number of nitrogens with one attached hydrogen (secondary N) is 1. The standard InChI is InChI=1S/C16H28N2O4S/c1-12-4-6-23(20,21)7-5-18(12)14(19)17-13-8-16(9-13)10-15(2,3)22-11-16/h12-13H,4-11H2,1-3H3,(H,17,19). The van der Waals surface area contributed by atoms with Gasteiger partial charge in [0.15, 0.2) is 9.84 Å². The Kier molecular flexibility index (Phi) is 4.16. The van der Waals surface area contributed by atoms with Crippen LogP contribution in [0, 0.1) is 5.41 Å². The van der Waals surface area contributed by atoms with Crippen LogP contribution < -0.4 is 5.32 Å². The van der Waals surface area contributed by atoms with Crippen molar-refractivity contribution in [3.8, 4) is 0 Å². The number of nitrogens with zero attached hydrogens (tertiary/aromatic N) is 1. The molecule has 6 nitrogen and oxygen atoms in total. The number of amides is 2. The second kappa shape index (κ2) is 5.62. The molecule has 0 bridgehead atoms. The molecule has 7 heteroatoms. The topological polar surface area (TPSA) is 75.7 Å². The molecule has 1 unspecified atom stereocenters. The second-order valence-corrected chi connectivity index (χ2v) is 10.6. The molecule has 1 saturated carbocycles. The molecule has 3 rings (SSSR count). The molecule has 2 aliphatic heterocycles. The monoisotopic (exact) mass is 344 g/mol. The third-order valence-corrected chi connectivity index (χ3v) is 7.20. The first-order valence-electron chi connectivity index (χ1n) is 8.51. The van der Waals surface area contributed by atoms with Crippen molar-refractivity contribution in [1.82, 2.24) is 10.2 Å². The van der Waals surface area contributed by atoms with Gasteiger partial charge in [-0.25, -0.2) is 13.2 Å². The van der Waals surface area contributed by atoms with Gasteiger partial charge in [0.2, 0.25) is 0 Å². The maximum atomic E-state index is 12.5. The van der Waals surface area contributed by atoms with Crippen molar-refractivity contribution in [3.05, 3.63) is 0 Å². The summed E-state index contributed by atoms with van der Waals surface area (Å²) < 4.78 is 29.3. The van der Waals surface area contributed by atoms with Crippen LogP contribution in [0.4, 0.5) is 4.79 Å². The van der Waals surface area contributed by atoms with Crippen molar-refractivity contribution in [2.24, 2.45) is 5.41 Å². The van der Waals surface area contributed by atoms with E-state index >= 15 is 0 Å². The van der Waals surface area contributed by atoms with Crippen LogP contribution in [0.15, 0.2) is 0 Å². The minimum atomic E-state index is -3.01. The first kappa shape index (κ1) is 17.0. The summed E-state index contributed by atoms with van der Waals surface area (Å²) in [5.74, 6) is 0.248. The largest absolute Gasteiger partial charge is 0.375 e. The Labute approximate surface area is 138 Å². The van der Waals surface area contributed by atoms with Crippen LogP contribution in [0.1, 0.15) is 46.5 Å². The van der Waals surface area contributed by atoms with Crippen LogP contribution in [-0.4, -0.2) is 61.7 Å². The molecule has 0 radical (unpaired) electrons. The van der Waals surface area contributed by atoms with E-state index < -0.39 is 9.84 Å². The van der Waals surface area contributed by atoms with E-state index in [1.165, 1.54) is 0 Å². The molecular weight excluding hydrogens is 316 g/mol. The summed E-state index contributed by atoms with van der Waals surface area (Å²) >= 11 is 0. The molecule has 0 aromatic rings. The Balaban J connectivity index is 1.52. The van der Waals surface area contributed by atoms with Crippen molar-refractivity contribution in [3.63, 3.8) is 0 Å². The van der Waals surface area contributed by atoms with Crippen molar-refractivity contribution in [2.75, 3.05) is 24.7 Å². The summed E-state index contributed by atoms with van der Waals surface area (Å²) in [7, 11) is -3.01. The summed E-state index contributed by atoms with van der Waals surface area (Å²) in [6.45, 7) is 7.24. The van der Waals surface area contributed by atoms with Gasteiger partial charge in [-0.15, -0.1) is 0 Å². The number of hydrogen-bond donors (Lipinski definition) is 1. The zero-order valence-electron chi connectivity index (χ0n) is 14.3. The molecular formula is C16H28N2O4S. The van der Waals surface area contributed by atoms with Crippen LogP contribution in [0.2, 0.25) is 0 Å². The summed E-state index contributed by atoms with van der Waals surface area (Å²) in [6.07, 6.45) is 3.49. The fraction of sp³-hybridized carbons (Fsp3) is 0.938. The Morgan fingerprint density at radius 2 is 1.96 bits per heavy atom. The molecule has 2 heterocycles. The molecule has 132 valence electrons. The molecule has 1 atom stereocenters. The van der Waals surface area contributed by atoms with Gasteiger partial charge in [-0.1, -0.05) is 0 Å². The Morgan fingerprint density at radius 1 is 1.26 bits per heavy atom. The number of carbonyl (C=O) groups is 1. The lowest BCUT2D eigenvalue weighted by atomic mass is 9.63. The number of rotatable bonds is 1. The van der Waals surface area contributed by atoms with E-state index in [4.69, 9.17) is 4.74 Å². The smallest absolute Gasteiger partial charge is 0.317 e. The molecule has 0 aromatic carbocycles. The van der Waals surface area contributed by atoms with Gasteiger partial charge in [-0.3, -0.25) is 0 Å². The van der Waals surface area contributed by atoms with Crippen molar-refractivity contribution in [2.45, 2.75) is 64.1 Å². The third kappa shape index (κ3) is 3.65. The fourth-order valence-electron chi connectivity index (χ4n) is 4.33. The van der Waals surface area contributed by atoms with Gasteiger partial charge in [0.05, 0.1) is 23.7 Å². The highest BCUT2D eigenvalue weighted by Gasteiger charge is 2.52. The van der Waals surface area contributed by atoms with E-state index in [0.717, 1.165) is 25.9 Å². The number of hydrogen-bond acceptors (Lipinski definition) is 4. The highest BCUT2D eigenvalue weighted by molar-refractivity contribution is 7.91. The lowest BCUT2D eigenvalue weighted by Crippen LogP contribution is -2.56. The van der Waals surface area contributed by atoms with Crippen LogP contribution in [0.3, 0.4) is 0 Å². The highest BCUT2D eigenvalue weighted by Crippen LogP contribution is 2.52. The molecule has 2 amide bonds. The van der Waals surface area contributed by atoms with Gasteiger partial charge in [0, 0.05) is 24.0 Å². The van der Waals surface area contributed by atoms with Crippen LogP contribution in [0.5, 0.6) is 0 Å². The Bertz CT molecular complexity index is 581. The Morgan fingerprint density at radius 3 is 2.57 bits per heavy atom. The maximum absolute atomic E-state index is 12.5. The van der Waals surface area contributed by atoms with Gasteiger partial charge in [-0.05, 0) is 46.5 Å². The van der Waals surface area contributed by atoms with E-state index in [9.17, 15) is 13.2 Å². The molecule has 3 fully saturated rings. The summed E-state index contributed by atoms with van der Waals surface area (Å²) in [5.41, 5.74) is 0.178. The van der Waals surface area contributed by atoms with E-state index in [-0.39, 0.29) is 40.6 Å². The van der Waals surface area contributed by atoms with E-state index in [0.29, 0.717) is 13.0 Å². The fourth-order valence-corrected chi connectivity index (χ4v) is 5.71. The SMILES string of the molecule is CC1CCS(=O)(=O)CCN1C(=O)NC1CC2(COC(C)(C)C2)C1. The van der Waals surface area contributed by atoms with Crippen molar-refractivity contribution >= 4 is 15.9 Å². The zero-order valence-corrected chi connectivity index (χ0v) is 15.1. The van der Waals surface area contributed by atoms with E-state index in [2.05, 4.69) is 19.2 Å². The number of carbonyl (C=O) groups excluding carboxylic acids is 1. The quantitative estimate of drug-likeness (QED) is 0.783. The zero-order chi connectivity index (χ0) is 16.9. The maximum Gasteiger partial charge on any atom is 0.317 e. The molecule has 1 aliphatic carbocycles. The lowest BCUT2D eigenvalue weighted by molar-refractivity contribution is 0.0182. The average molecular weight is 344 g/mol. The van der Waals surface area contributed by atoms with Crippen LogP contribution in [-0.2, 0) is 14.6 Å². The summed E-state index contributed by atoms with van der Waals surface area (Å²) in [5, 5.41) is 3.09. The van der Waals surface area contributed by atoms with Crippen molar-refractivity contribution < 1.29 is 17.9 Å². The summed E-state index contributed by atoms with van der Waals surface area (Å²) in [6, 6.07) is 0.0368. The molecule has 3 aliphatic rings. The normalized spacial score (nSPS) is 38.8. The first-order valence-corrected chi connectivity index (χ1v) is 10.3. The van der Waals surface area contributed by atoms with E-state index in [1.54, 1.807) is 4.90 Å². The minimum absolute atomic E-state index is 0.0324. The Hall–Kier alpha value is -0.820. The predicted molar refractivity (Wildman–Crippen MR) is 88.1 cm³/mol. The lowest BCUT2D eigenvalue weighted by Gasteiger charge is -2.45. The highest BCUT2D eigenvalue weighted by atomic mass is 32.2. The molecule has 0 aromatic heterocycles. The number of urea groups is 1. The predicted octanol–water partition coefficient (Wildman–Crippen LogP) is 1.55. The van der Waals surface area contributed by atoms with E-state index in [1.807, 2.05) is 6.92 Å². The van der Waals surface area contributed by atoms with Gasteiger partial charge in [0.25, 0.3) is 0 Å². The molecule has 2 saturated heterocycles. The van der Waals surface area contributed by atoms with Gasteiger partial charge >= 0.3 is 6.03 Å². The second-order valence-electron chi connectivity index (χ2n) is 8.26. The van der Waals surface area contributed by atoms with Crippen LogP contribution in [0.25, 0.3) is 0 Å². The average Bonchev–Trinajstić information content (AvgIpc) is 2.64. The number of ether oxygens (including phenoxy) is 1. The van der Waals surface area contributed by atoms with Gasteiger partial charge in [0.1, 0.15) is 0 Å². The third-order valence-electron chi connectivity index (χ3n) is 5.54. The number of sulfone groups is 1. The first-order chi connectivity index (χ1) is 10.6. The van der Waals surface area contributed by atoms with Gasteiger partial charge < -0.3 is 15.0 Å². The van der Waals surface area contributed by atoms with Gasteiger partial charge in [-0.2, -0.15) is 0 Å². The molecule has 1 spiro atoms. The van der Waals surface area contributed by atoms with Crippen molar-refractivity contribution in [1.29, 1.82) is 0 Å². The van der Waals surface area contributed by atoms with Crippen LogP contribution >= 0.6 is 0 Å². The molecule has 23 heavy (non-hydrogen) atoms. The minimum Gasteiger partial charge on any atom is -0.375 e. The summed E-state index contributed by atoms with van der Waals surface area (Å²) in [4.78, 5) is 14.2. The molecule has 1 N–H and O–H groups in total.